The Morgan fingerprint density at radius 1 is 1.07 bits per heavy atom. The Morgan fingerprint density at radius 2 is 1.87 bits per heavy atom. The first-order valence-electron chi connectivity index (χ1n) is 10.4. The van der Waals surface area contributed by atoms with Crippen LogP contribution in [-0.4, -0.2) is 62.0 Å². The van der Waals surface area contributed by atoms with E-state index in [1.165, 1.54) is 0 Å². The molecular weight excluding hydrogens is 437 g/mol. The van der Waals surface area contributed by atoms with Gasteiger partial charge < -0.3 is 15.1 Å². The van der Waals surface area contributed by atoms with E-state index < -0.39 is 0 Å². The highest BCUT2D eigenvalue weighted by molar-refractivity contribution is 7.98. The minimum Gasteiger partial charge on any atom is -0.352 e. The van der Waals surface area contributed by atoms with Gasteiger partial charge in [-0.15, -0.1) is 11.8 Å². The molecule has 1 N–H and O–H groups in total. The van der Waals surface area contributed by atoms with E-state index in [1.807, 2.05) is 30.3 Å². The number of unbranched alkanes of at least 4 members (excludes halogenated alkanes) is 1. The van der Waals surface area contributed by atoms with Gasteiger partial charge in [0.2, 0.25) is 0 Å². The normalized spacial score (nSPS) is 15.3. The summed E-state index contributed by atoms with van der Waals surface area (Å²) in [5, 5.41) is 4.41. The summed E-state index contributed by atoms with van der Waals surface area (Å²) in [6.45, 7) is 6.41. The zero-order chi connectivity index (χ0) is 21.3. The van der Waals surface area contributed by atoms with E-state index in [9.17, 15) is 4.79 Å². The zero-order valence-corrected chi connectivity index (χ0v) is 19.7. The van der Waals surface area contributed by atoms with Gasteiger partial charge in [0.1, 0.15) is 0 Å². The SMILES string of the molecule is CN1CCN(CCCCNC(=O)c2cccc(CSc3cc(Cl)ccc3Cl)c2)CC1. The van der Waals surface area contributed by atoms with E-state index in [2.05, 4.69) is 22.2 Å². The standard InChI is InChI=1S/C23H29Cl2N3OS/c1-27-11-13-28(14-12-27)10-3-2-9-26-23(29)19-6-4-5-18(15-19)17-30-22-16-20(24)7-8-21(22)25/h4-8,15-16H,2-3,9-14,17H2,1H3,(H,26,29). The number of benzene rings is 2. The average Bonchev–Trinajstić information content (AvgIpc) is 2.75. The Morgan fingerprint density at radius 3 is 2.67 bits per heavy atom. The summed E-state index contributed by atoms with van der Waals surface area (Å²) in [5.74, 6) is 0.717. The molecule has 0 bridgehead atoms. The molecule has 162 valence electrons. The van der Waals surface area contributed by atoms with Crippen molar-refractivity contribution in [1.29, 1.82) is 0 Å². The number of halogens is 2. The Hall–Kier alpha value is -1.24. The molecule has 2 aromatic rings. The fourth-order valence-electron chi connectivity index (χ4n) is 3.39. The lowest BCUT2D eigenvalue weighted by molar-refractivity contribution is 0.0952. The maximum absolute atomic E-state index is 12.5. The van der Waals surface area contributed by atoms with E-state index in [0.717, 1.165) is 61.8 Å². The molecule has 0 unspecified atom stereocenters. The molecule has 1 aliphatic heterocycles. The number of piperazine rings is 1. The van der Waals surface area contributed by atoms with Crippen molar-refractivity contribution in [3.05, 3.63) is 63.6 Å². The van der Waals surface area contributed by atoms with Crippen LogP contribution in [0.1, 0.15) is 28.8 Å². The summed E-state index contributed by atoms with van der Waals surface area (Å²) in [4.78, 5) is 18.3. The summed E-state index contributed by atoms with van der Waals surface area (Å²) >= 11 is 13.9. The number of thioether (sulfide) groups is 1. The van der Waals surface area contributed by atoms with Crippen LogP contribution in [0.4, 0.5) is 0 Å². The molecule has 0 saturated carbocycles. The number of nitrogens with zero attached hydrogens (tertiary/aromatic N) is 2. The first-order valence-corrected chi connectivity index (χ1v) is 12.1. The summed E-state index contributed by atoms with van der Waals surface area (Å²) in [5.41, 5.74) is 1.78. The minimum absolute atomic E-state index is 0.0118. The van der Waals surface area contributed by atoms with Crippen LogP contribution in [0.5, 0.6) is 0 Å². The van der Waals surface area contributed by atoms with Gasteiger partial charge in [0.05, 0.1) is 5.02 Å². The van der Waals surface area contributed by atoms with Gasteiger partial charge in [-0.25, -0.2) is 0 Å². The van der Waals surface area contributed by atoms with Crippen LogP contribution in [0.15, 0.2) is 47.4 Å². The molecule has 0 aliphatic carbocycles. The molecule has 30 heavy (non-hydrogen) atoms. The van der Waals surface area contributed by atoms with Gasteiger partial charge in [-0.3, -0.25) is 4.79 Å². The van der Waals surface area contributed by atoms with E-state index in [-0.39, 0.29) is 5.91 Å². The molecule has 4 nitrogen and oxygen atoms in total. The Labute approximate surface area is 193 Å². The lowest BCUT2D eigenvalue weighted by Crippen LogP contribution is -2.44. The molecule has 1 fully saturated rings. The van der Waals surface area contributed by atoms with E-state index in [1.54, 1.807) is 23.9 Å². The molecule has 1 amide bonds. The number of rotatable bonds is 9. The van der Waals surface area contributed by atoms with Gasteiger partial charge in [0.25, 0.3) is 5.91 Å². The number of carbonyl (C=O) groups is 1. The molecule has 3 rings (SSSR count). The molecule has 0 atom stereocenters. The minimum atomic E-state index is -0.0118. The van der Waals surface area contributed by atoms with Gasteiger partial charge in [0.15, 0.2) is 0 Å². The largest absolute Gasteiger partial charge is 0.352 e. The van der Waals surface area contributed by atoms with Crippen molar-refractivity contribution in [2.75, 3.05) is 46.3 Å². The topological polar surface area (TPSA) is 35.6 Å². The van der Waals surface area contributed by atoms with E-state index in [4.69, 9.17) is 23.2 Å². The van der Waals surface area contributed by atoms with Gasteiger partial charge >= 0.3 is 0 Å². The van der Waals surface area contributed by atoms with Gasteiger partial charge in [-0.05, 0) is 62.3 Å². The third-order valence-electron chi connectivity index (χ3n) is 5.26. The van der Waals surface area contributed by atoms with Crippen molar-refractivity contribution in [2.45, 2.75) is 23.5 Å². The Bertz CT molecular complexity index is 841. The van der Waals surface area contributed by atoms with Crippen LogP contribution in [-0.2, 0) is 5.75 Å². The molecule has 0 spiro atoms. The second kappa shape index (κ2) is 12.0. The molecule has 1 aliphatic rings. The molecule has 1 heterocycles. The van der Waals surface area contributed by atoms with E-state index in [0.29, 0.717) is 22.2 Å². The molecule has 7 heteroatoms. The predicted octanol–water partition coefficient (Wildman–Crippen LogP) is 5.04. The first-order chi connectivity index (χ1) is 14.5. The lowest BCUT2D eigenvalue weighted by atomic mass is 10.1. The van der Waals surface area contributed by atoms with Crippen molar-refractivity contribution in [3.8, 4) is 0 Å². The fraction of sp³-hybridized carbons (Fsp3) is 0.435. The number of carbonyl (C=O) groups excluding carboxylic acids is 1. The molecular formula is C23H29Cl2N3OS. The maximum atomic E-state index is 12.5. The summed E-state index contributed by atoms with van der Waals surface area (Å²) in [6, 6.07) is 13.2. The van der Waals surface area contributed by atoms with Crippen molar-refractivity contribution < 1.29 is 4.79 Å². The smallest absolute Gasteiger partial charge is 0.251 e. The highest BCUT2D eigenvalue weighted by Gasteiger charge is 2.13. The number of nitrogens with one attached hydrogen (secondary N) is 1. The van der Waals surface area contributed by atoms with Crippen LogP contribution in [0.25, 0.3) is 0 Å². The average molecular weight is 466 g/mol. The Balaban J connectivity index is 1.40. The number of hydrogen-bond acceptors (Lipinski definition) is 4. The third-order valence-corrected chi connectivity index (χ3v) is 7.06. The highest BCUT2D eigenvalue weighted by atomic mass is 35.5. The van der Waals surface area contributed by atoms with Crippen LogP contribution in [0.3, 0.4) is 0 Å². The van der Waals surface area contributed by atoms with Crippen LogP contribution in [0.2, 0.25) is 10.0 Å². The van der Waals surface area contributed by atoms with Crippen LogP contribution >= 0.6 is 35.0 Å². The quantitative estimate of drug-likeness (QED) is 0.415. The van der Waals surface area contributed by atoms with E-state index >= 15 is 0 Å². The number of hydrogen-bond donors (Lipinski definition) is 1. The Kier molecular flexibility index (Phi) is 9.34. The number of amides is 1. The summed E-state index contributed by atoms with van der Waals surface area (Å²) < 4.78 is 0. The van der Waals surface area contributed by atoms with Crippen molar-refractivity contribution >= 4 is 40.9 Å². The maximum Gasteiger partial charge on any atom is 0.251 e. The first kappa shape index (κ1) is 23.4. The van der Waals surface area contributed by atoms with Crippen molar-refractivity contribution in [2.24, 2.45) is 0 Å². The van der Waals surface area contributed by atoms with Gasteiger partial charge in [0, 0.05) is 54.0 Å². The molecule has 1 saturated heterocycles. The van der Waals surface area contributed by atoms with Gasteiger partial charge in [-0.2, -0.15) is 0 Å². The van der Waals surface area contributed by atoms with Crippen LogP contribution < -0.4 is 5.32 Å². The molecule has 0 radical (unpaired) electrons. The summed E-state index contributed by atoms with van der Waals surface area (Å²) in [6.07, 6.45) is 2.11. The zero-order valence-electron chi connectivity index (χ0n) is 17.4. The molecule has 0 aromatic heterocycles. The third kappa shape index (κ3) is 7.47. The van der Waals surface area contributed by atoms with Crippen LogP contribution in [0, 0.1) is 0 Å². The highest BCUT2D eigenvalue weighted by Crippen LogP contribution is 2.32. The van der Waals surface area contributed by atoms with Gasteiger partial charge in [-0.1, -0.05) is 35.3 Å². The molecule has 2 aromatic carbocycles. The van der Waals surface area contributed by atoms with Crippen molar-refractivity contribution in [1.82, 2.24) is 15.1 Å². The fourth-order valence-corrected chi connectivity index (χ4v) is 4.82. The monoisotopic (exact) mass is 465 g/mol. The lowest BCUT2D eigenvalue weighted by Gasteiger charge is -2.32. The predicted molar refractivity (Wildman–Crippen MR) is 128 cm³/mol. The summed E-state index contributed by atoms with van der Waals surface area (Å²) in [7, 11) is 2.17. The second-order valence-corrected chi connectivity index (χ2v) is 9.53. The van der Waals surface area contributed by atoms with Crippen molar-refractivity contribution in [3.63, 3.8) is 0 Å². The second-order valence-electron chi connectivity index (χ2n) is 7.67. The number of likely N-dealkylation sites (N-methyl/N-ethyl adjacent to an activating group) is 1.